The van der Waals surface area contributed by atoms with Crippen LogP contribution in [0, 0.1) is 0 Å². The average molecular weight is 723 g/mol. The molecule has 0 radical (unpaired) electrons. The lowest BCUT2D eigenvalue weighted by molar-refractivity contribution is 0.101. The van der Waals surface area contributed by atoms with Crippen molar-refractivity contribution in [2.45, 2.75) is 11.5 Å². The molecule has 6 nitrogen and oxygen atoms in total. The van der Waals surface area contributed by atoms with Crippen LogP contribution in [0.2, 0.25) is 0 Å². The second kappa shape index (κ2) is 14.8. The van der Waals surface area contributed by atoms with E-state index in [2.05, 4.69) is 52.5 Å². The van der Waals surface area contributed by atoms with E-state index >= 15 is 4.39 Å². The Bertz CT molecular complexity index is 1290. The van der Waals surface area contributed by atoms with Gasteiger partial charge in [-0.25, -0.2) is 14.4 Å². The van der Waals surface area contributed by atoms with Gasteiger partial charge >= 0.3 is 0 Å². The number of benzene rings is 2. The van der Waals surface area contributed by atoms with Crippen LogP contribution in [-0.2, 0) is 0 Å². The lowest BCUT2D eigenvalue weighted by Crippen LogP contribution is -2.54. The van der Waals surface area contributed by atoms with E-state index in [1.165, 1.54) is 0 Å². The van der Waals surface area contributed by atoms with E-state index in [0.29, 0.717) is 17.2 Å². The third-order valence-electron chi connectivity index (χ3n) is 5.67. The molecule has 40 heavy (non-hydrogen) atoms. The molecule has 2 atom stereocenters. The number of hydrogen-bond donors (Lipinski definition) is 2. The number of alkyl halides is 2. The molecular weight excluding hydrogens is 699 g/mol. The van der Waals surface area contributed by atoms with Crippen molar-refractivity contribution in [1.82, 2.24) is 20.0 Å². The third kappa shape index (κ3) is 8.65. The van der Waals surface area contributed by atoms with E-state index in [4.69, 9.17) is 36.0 Å². The summed E-state index contributed by atoms with van der Waals surface area (Å²) in [4.78, 5) is 8.72. The van der Waals surface area contributed by atoms with E-state index in [1.807, 2.05) is 48.5 Å². The molecule has 4 rings (SSSR count). The Labute approximate surface area is 265 Å². The Morgan fingerprint density at radius 1 is 0.725 bits per heavy atom. The zero-order valence-electron chi connectivity index (χ0n) is 20.9. The molecule has 4 aromatic rings. The summed E-state index contributed by atoms with van der Waals surface area (Å²) < 4.78 is 17.4. The van der Waals surface area contributed by atoms with Gasteiger partial charge in [-0.1, -0.05) is 60.7 Å². The lowest BCUT2D eigenvalue weighted by atomic mass is 10.1. The predicted molar refractivity (Wildman–Crippen MR) is 175 cm³/mol. The molecular formula is C28H24Br2ClFN6S2. The molecule has 2 aromatic carbocycles. The molecule has 12 heteroatoms. The van der Waals surface area contributed by atoms with Gasteiger partial charge in [0.2, 0.25) is 0 Å². The molecule has 2 aromatic heterocycles. The number of halogens is 4. The van der Waals surface area contributed by atoms with E-state index in [0.717, 1.165) is 14.5 Å². The number of aromatic nitrogens is 2. The maximum absolute atomic E-state index is 15.8. The van der Waals surface area contributed by atoms with Crippen molar-refractivity contribution in [3.05, 3.63) is 117 Å². The fraction of sp³-hybridized carbons (Fsp3) is 0.143. The number of nitrogens with one attached hydrogen (secondary N) is 2. The largest absolute Gasteiger partial charge is 0.316 e. The summed E-state index contributed by atoms with van der Waals surface area (Å²) >= 11 is 25.3. The highest BCUT2D eigenvalue weighted by molar-refractivity contribution is 9.10. The van der Waals surface area contributed by atoms with Crippen LogP contribution in [0.5, 0.6) is 0 Å². The van der Waals surface area contributed by atoms with Crippen LogP contribution < -0.4 is 10.6 Å². The minimum atomic E-state index is -1.39. The summed E-state index contributed by atoms with van der Waals surface area (Å²) in [6.07, 6.45) is 1.91. The standard InChI is InChI=1S/C28H24Br2ClFN6S2/c29-21-11-13-25(33-15-21)35-27(39)37(17-23(31)19-7-3-1-4-8-19)38(18-24(32)20-9-5-2-6-10-20)28(40)36-26-14-12-22(30)16-34-26/h1-16,23-24H,17-18H2,(H,33,35,39)(H,34,36,40). The fourth-order valence-electron chi connectivity index (χ4n) is 3.67. The van der Waals surface area contributed by atoms with Gasteiger partial charge in [0.25, 0.3) is 0 Å². The number of pyridine rings is 2. The highest BCUT2D eigenvalue weighted by Gasteiger charge is 2.28. The molecule has 0 aliphatic heterocycles. The van der Waals surface area contributed by atoms with E-state index in [-0.39, 0.29) is 23.3 Å². The summed E-state index contributed by atoms with van der Waals surface area (Å²) in [6, 6.07) is 25.7. The maximum atomic E-state index is 15.8. The molecule has 206 valence electrons. The number of hydrazine groups is 1. The van der Waals surface area contributed by atoms with Crippen molar-refractivity contribution in [3.8, 4) is 0 Å². The normalized spacial score (nSPS) is 12.2. The van der Waals surface area contributed by atoms with Crippen LogP contribution in [0.1, 0.15) is 22.7 Å². The Morgan fingerprint density at radius 3 is 1.62 bits per heavy atom. The van der Waals surface area contributed by atoms with Gasteiger partial charge in [0.05, 0.1) is 18.5 Å². The van der Waals surface area contributed by atoms with Crippen LogP contribution in [-0.4, -0.2) is 43.3 Å². The summed E-state index contributed by atoms with van der Waals surface area (Å²) in [7, 11) is 0. The van der Waals surface area contributed by atoms with Crippen molar-refractivity contribution < 1.29 is 4.39 Å². The molecule has 0 aliphatic rings. The number of nitrogens with zero attached hydrogens (tertiary/aromatic N) is 4. The topological polar surface area (TPSA) is 56.3 Å². The molecule has 0 saturated heterocycles. The van der Waals surface area contributed by atoms with Crippen LogP contribution in [0.4, 0.5) is 16.0 Å². The number of hydrogen-bond acceptors (Lipinski definition) is 4. The van der Waals surface area contributed by atoms with Crippen LogP contribution >= 0.6 is 67.9 Å². The van der Waals surface area contributed by atoms with Gasteiger partial charge in [-0.05, 0) is 91.7 Å². The van der Waals surface area contributed by atoms with Gasteiger partial charge in [-0.15, -0.1) is 11.6 Å². The molecule has 2 heterocycles. The van der Waals surface area contributed by atoms with Gasteiger partial charge in [0.15, 0.2) is 10.2 Å². The molecule has 0 aliphatic carbocycles. The first kappa shape index (κ1) is 30.3. The molecule has 0 bridgehead atoms. The van der Waals surface area contributed by atoms with Crippen molar-refractivity contribution in [1.29, 1.82) is 0 Å². The van der Waals surface area contributed by atoms with Crippen LogP contribution in [0.25, 0.3) is 0 Å². The summed E-state index contributed by atoms with van der Waals surface area (Å²) in [5, 5.41) is 9.42. The Balaban J connectivity index is 1.68. The SMILES string of the molecule is FC(CN(C(=S)Nc1ccc(Br)cn1)N(CC(Cl)c1ccccc1)C(=S)Nc1ccc(Br)cn1)c1ccccc1. The van der Waals surface area contributed by atoms with Gasteiger partial charge in [-0.2, -0.15) is 0 Å². The van der Waals surface area contributed by atoms with Crippen molar-refractivity contribution in [3.63, 3.8) is 0 Å². The summed E-state index contributed by atoms with van der Waals surface area (Å²) in [5.41, 5.74) is 1.39. The Morgan fingerprint density at radius 2 is 1.18 bits per heavy atom. The maximum Gasteiger partial charge on any atom is 0.193 e. The number of rotatable bonds is 8. The van der Waals surface area contributed by atoms with Gasteiger partial charge < -0.3 is 10.6 Å². The minimum Gasteiger partial charge on any atom is -0.316 e. The number of thiocarbonyl (C=S) groups is 2. The van der Waals surface area contributed by atoms with Crippen LogP contribution in [0.15, 0.2) is 106 Å². The van der Waals surface area contributed by atoms with Gasteiger partial charge in [0.1, 0.15) is 17.8 Å². The minimum absolute atomic E-state index is 0.139. The Kier molecular flexibility index (Phi) is 11.2. The molecule has 2 N–H and O–H groups in total. The summed E-state index contributed by atoms with van der Waals surface area (Å²) in [5.74, 6) is 1.00. The monoisotopic (exact) mass is 720 g/mol. The first-order valence-electron chi connectivity index (χ1n) is 12.1. The van der Waals surface area contributed by atoms with Gasteiger partial charge in [0, 0.05) is 21.3 Å². The molecule has 0 fully saturated rings. The molecule has 2 unspecified atom stereocenters. The lowest BCUT2D eigenvalue weighted by Gasteiger charge is -2.39. The predicted octanol–water partition coefficient (Wildman–Crippen LogP) is 8.31. The highest BCUT2D eigenvalue weighted by Crippen LogP contribution is 2.26. The molecule has 0 saturated carbocycles. The fourth-order valence-corrected chi connectivity index (χ4v) is 4.97. The Hall–Kier alpha value is -2.70. The molecule has 0 amide bonds. The number of anilines is 2. The molecule has 0 spiro atoms. The van der Waals surface area contributed by atoms with Crippen LogP contribution in [0.3, 0.4) is 0 Å². The second-order valence-corrected chi connectivity index (χ2v) is 11.6. The first-order valence-corrected chi connectivity index (χ1v) is 14.9. The van der Waals surface area contributed by atoms with E-state index in [1.54, 1.807) is 58.8 Å². The smallest absolute Gasteiger partial charge is 0.193 e. The van der Waals surface area contributed by atoms with Gasteiger partial charge in [-0.3, -0.25) is 10.0 Å². The first-order chi connectivity index (χ1) is 19.3. The zero-order valence-corrected chi connectivity index (χ0v) is 26.5. The summed E-state index contributed by atoms with van der Waals surface area (Å²) in [6.45, 7) is 0.0470. The van der Waals surface area contributed by atoms with E-state index < -0.39 is 11.5 Å². The van der Waals surface area contributed by atoms with Crippen molar-refractivity contribution in [2.75, 3.05) is 23.7 Å². The quantitative estimate of drug-likeness (QED) is 0.107. The average Bonchev–Trinajstić information content (AvgIpc) is 2.97. The zero-order chi connectivity index (χ0) is 28.5. The second-order valence-electron chi connectivity index (χ2n) is 8.50. The van der Waals surface area contributed by atoms with Crippen molar-refractivity contribution >= 4 is 89.8 Å². The van der Waals surface area contributed by atoms with E-state index in [9.17, 15) is 0 Å². The third-order valence-corrected chi connectivity index (χ3v) is 7.63. The van der Waals surface area contributed by atoms with Crippen molar-refractivity contribution in [2.24, 2.45) is 0 Å². The highest BCUT2D eigenvalue weighted by atomic mass is 79.9.